The standard InChI is InChI=1S/C17H32N2O2/c1-16(2)6-3-13(4-7-16)15(19-18)14-5-9-21-17(11-14)8-10-20-12-17/h13-15,19H,3-12,18H2,1-2H3. The van der Waals surface area contributed by atoms with Gasteiger partial charge in [-0.2, -0.15) is 0 Å². The molecule has 2 saturated heterocycles. The van der Waals surface area contributed by atoms with Crippen LogP contribution in [0.3, 0.4) is 0 Å². The highest BCUT2D eigenvalue weighted by Crippen LogP contribution is 2.44. The molecule has 1 spiro atoms. The molecule has 0 aromatic rings. The minimum Gasteiger partial charge on any atom is -0.378 e. The van der Waals surface area contributed by atoms with Crippen LogP contribution in [0.5, 0.6) is 0 Å². The van der Waals surface area contributed by atoms with E-state index in [0.717, 1.165) is 45.0 Å². The second kappa shape index (κ2) is 6.15. The molecule has 3 atom stereocenters. The molecule has 3 fully saturated rings. The van der Waals surface area contributed by atoms with Crippen LogP contribution >= 0.6 is 0 Å². The van der Waals surface area contributed by atoms with Crippen LogP contribution in [0.1, 0.15) is 58.8 Å². The van der Waals surface area contributed by atoms with E-state index in [1.807, 2.05) is 0 Å². The van der Waals surface area contributed by atoms with E-state index in [4.69, 9.17) is 15.3 Å². The predicted octanol–water partition coefficient (Wildman–Crippen LogP) is 2.62. The molecule has 0 radical (unpaired) electrons. The highest BCUT2D eigenvalue weighted by atomic mass is 16.6. The smallest absolute Gasteiger partial charge is 0.0939 e. The van der Waals surface area contributed by atoms with Crippen molar-refractivity contribution < 1.29 is 9.47 Å². The van der Waals surface area contributed by atoms with Crippen LogP contribution in [0.15, 0.2) is 0 Å². The van der Waals surface area contributed by atoms with Crippen molar-refractivity contribution in [2.24, 2.45) is 23.1 Å². The Balaban J connectivity index is 1.63. The van der Waals surface area contributed by atoms with Gasteiger partial charge >= 0.3 is 0 Å². The second-order valence-corrected chi connectivity index (χ2v) is 8.28. The average molecular weight is 296 g/mol. The number of nitrogens with one attached hydrogen (secondary N) is 1. The zero-order valence-electron chi connectivity index (χ0n) is 13.7. The molecule has 0 aromatic heterocycles. The molecule has 21 heavy (non-hydrogen) atoms. The van der Waals surface area contributed by atoms with Gasteiger partial charge in [0.1, 0.15) is 0 Å². The van der Waals surface area contributed by atoms with Crippen LogP contribution in [0, 0.1) is 17.3 Å². The molecule has 122 valence electrons. The molecule has 3 unspecified atom stereocenters. The lowest BCUT2D eigenvalue weighted by atomic mass is 9.67. The first-order valence-electron chi connectivity index (χ1n) is 8.71. The summed E-state index contributed by atoms with van der Waals surface area (Å²) in [5.74, 6) is 7.33. The molecular formula is C17H32N2O2. The first-order valence-corrected chi connectivity index (χ1v) is 8.71. The topological polar surface area (TPSA) is 56.5 Å². The quantitative estimate of drug-likeness (QED) is 0.621. The average Bonchev–Trinajstić information content (AvgIpc) is 2.89. The SMILES string of the molecule is CC1(C)CCC(C(NN)C2CCOC3(CCOC3)C2)CC1. The summed E-state index contributed by atoms with van der Waals surface area (Å²) < 4.78 is 11.7. The van der Waals surface area contributed by atoms with Crippen LogP contribution in [-0.2, 0) is 9.47 Å². The molecule has 4 heteroatoms. The molecular weight excluding hydrogens is 264 g/mol. The Hall–Kier alpha value is -0.160. The number of hydrazine groups is 1. The minimum atomic E-state index is -0.00798. The Kier molecular flexibility index (Phi) is 4.60. The maximum Gasteiger partial charge on any atom is 0.0939 e. The van der Waals surface area contributed by atoms with Gasteiger partial charge in [0.15, 0.2) is 0 Å². The molecule has 0 aromatic carbocycles. The zero-order valence-corrected chi connectivity index (χ0v) is 13.7. The zero-order chi connectivity index (χ0) is 14.9. The van der Waals surface area contributed by atoms with E-state index in [0.29, 0.717) is 17.4 Å². The van der Waals surface area contributed by atoms with Gasteiger partial charge in [-0.25, -0.2) is 0 Å². The van der Waals surface area contributed by atoms with Crippen LogP contribution in [0.2, 0.25) is 0 Å². The lowest BCUT2D eigenvalue weighted by molar-refractivity contribution is -0.107. The van der Waals surface area contributed by atoms with Gasteiger partial charge in [-0.3, -0.25) is 11.3 Å². The Labute approximate surface area is 129 Å². The Bertz CT molecular complexity index is 343. The number of hydrogen-bond donors (Lipinski definition) is 2. The fourth-order valence-corrected chi connectivity index (χ4v) is 4.67. The molecule has 3 aliphatic rings. The van der Waals surface area contributed by atoms with E-state index in [1.165, 1.54) is 25.7 Å². The third-order valence-corrected chi connectivity index (χ3v) is 6.19. The second-order valence-electron chi connectivity index (χ2n) is 8.28. The van der Waals surface area contributed by atoms with Crippen molar-refractivity contribution >= 4 is 0 Å². The molecule has 2 aliphatic heterocycles. The summed E-state index contributed by atoms with van der Waals surface area (Å²) >= 11 is 0. The Morgan fingerprint density at radius 2 is 1.81 bits per heavy atom. The van der Waals surface area contributed by atoms with Gasteiger partial charge < -0.3 is 9.47 Å². The maximum atomic E-state index is 6.08. The molecule has 1 saturated carbocycles. The molecule has 3 N–H and O–H groups in total. The van der Waals surface area contributed by atoms with Gasteiger partial charge in [-0.1, -0.05) is 13.8 Å². The molecule has 0 amide bonds. The van der Waals surface area contributed by atoms with Crippen molar-refractivity contribution in [3.63, 3.8) is 0 Å². The van der Waals surface area contributed by atoms with Crippen LogP contribution in [0.4, 0.5) is 0 Å². The molecule has 2 heterocycles. The number of nitrogens with two attached hydrogens (primary N) is 1. The first-order chi connectivity index (χ1) is 10.0. The normalized spacial score (nSPS) is 38.7. The third kappa shape index (κ3) is 3.44. The van der Waals surface area contributed by atoms with Crippen molar-refractivity contribution in [1.82, 2.24) is 5.43 Å². The largest absolute Gasteiger partial charge is 0.378 e. The monoisotopic (exact) mass is 296 g/mol. The van der Waals surface area contributed by atoms with Crippen molar-refractivity contribution in [2.45, 2.75) is 70.4 Å². The number of hydrogen-bond acceptors (Lipinski definition) is 4. The lowest BCUT2D eigenvalue weighted by Gasteiger charge is -2.45. The van der Waals surface area contributed by atoms with Crippen LogP contribution < -0.4 is 11.3 Å². The Morgan fingerprint density at radius 3 is 2.43 bits per heavy atom. The third-order valence-electron chi connectivity index (χ3n) is 6.19. The fourth-order valence-electron chi connectivity index (χ4n) is 4.67. The summed E-state index contributed by atoms with van der Waals surface area (Å²) in [7, 11) is 0. The van der Waals surface area contributed by atoms with E-state index in [-0.39, 0.29) is 5.60 Å². The van der Waals surface area contributed by atoms with E-state index in [1.54, 1.807) is 0 Å². The summed E-state index contributed by atoms with van der Waals surface area (Å²) in [4.78, 5) is 0. The van der Waals surface area contributed by atoms with Crippen molar-refractivity contribution in [3.8, 4) is 0 Å². The minimum absolute atomic E-state index is 0.00798. The number of rotatable bonds is 3. The Morgan fingerprint density at radius 1 is 1.05 bits per heavy atom. The lowest BCUT2D eigenvalue weighted by Crippen LogP contribution is -2.52. The highest BCUT2D eigenvalue weighted by Gasteiger charge is 2.44. The van der Waals surface area contributed by atoms with E-state index in [9.17, 15) is 0 Å². The molecule has 0 bridgehead atoms. The summed E-state index contributed by atoms with van der Waals surface area (Å²) in [6, 6.07) is 0.447. The van der Waals surface area contributed by atoms with Gasteiger partial charge in [0.2, 0.25) is 0 Å². The maximum absolute atomic E-state index is 6.08. The van der Waals surface area contributed by atoms with E-state index >= 15 is 0 Å². The van der Waals surface area contributed by atoms with E-state index < -0.39 is 0 Å². The molecule has 3 rings (SSSR count). The van der Waals surface area contributed by atoms with Gasteiger partial charge in [0.05, 0.1) is 12.2 Å². The first kappa shape index (κ1) is 15.7. The molecule has 1 aliphatic carbocycles. The highest BCUT2D eigenvalue weighted by molar-refractivity contribution is 4.96. The van der Waals surface area contributed by atoms with Crippen molar-refractivity contribution in [2.75, 3.05) is 19.8 Å². The predicted molar refractivity (Wildman–Crippen MR) is 83.7 cm³/mol. The van der Waals surface area contributed by atoms with Crippen molar-refractivity contribution in [1.29, 1.82) is 0 Å². The van der Waals surface area contributed by atoms with Gasteiger partial charge in [-0.05, 0) is 55.8 Å². The van der Waals surface area contributed by atoms with E-state index in [2.05, 4.69) is 19.3 Å². The number of ether oxygens (including phenoxy) is 2. The van der Waals surface area contributed by atoms with Gasteiger partial charge in [0, 0.05) is 25.7 Å². The summed E-state index contributed by atoms with van der Waals surface area (Å²) in [6.07, 6.45) is 8.57. The van der Waals surface area contributed by atoms with Crippen LogP contribution in [0.25, 0.3) is 0 Å². The summed E-state index contributed by atoms with van der Waals surface area (Å²) in [6.45, 7) is 7.29. The summed E-state index contributed by atoms with van der Waals surface area (Å²) in [5.41, 5.74) is 3.69. The molecule has 4 nitrogen and oxygen atoms in total. The van der Waals surface area contributed by atoms with Gasteiger partial charge in [-0.15, -0.1) is 0 Å². The fraction of sp³-hybridized carbons (Fsp3) is 1.00. The van der Waals surface area contributed by atoms with Gasteiger partial charge in [0.25, 0.3) is 0 Å². The summed E-state index contributed by atoms with van der Waals surface area (Å²) in [5, 5.41) is 0. The van der Waals surface area contributed by atoms with Crippen LogP contribution in [-0.4, -0.2) is 31.5 Å². The van der Waals surface area contributed by atoms with Crippen molar-refractivity contribution in [3.05, 3.63) is 0 Å².